The van der Waals surface area contributed by atoms with E-state index in [4.69, 9.17) is 9.47 Å². The number of nitrogens with zero attached hydrogens (tertiary/aromatic N) is 1. The maximum absolute atomic E-state index is 10.8. The summed E-state index contributed by atoms with van der Waals surface area (Å²) in [5.74, 6) is 0.934. The van der Waals surface area contributed by atoms with Gasteiger partial charge in [0, 0.05) is 5.56 Å². The van der Waals surface area contributed by atoms with Crippen molar-refractivity contribution in [2.45, 2.75) is 0 Å². The van der Waals surface area contributed by atoms with E-state index in [1.807, 2.05) is 12.1 Å². The van der Waals surface area contributed by atoms with Crippen molar-refractivity contribution < 1.29 is 14.3 Å². The van der Waals surface area contributed by atoms with Crippen LogP contribution in [0.15, 0.2) is 29.4 Å². The first kappa shape index (κ1) is 9.51. The minimum Gasteiger partial charge on any atom is -0.497 e. The fraction of sp³-hybridized carbons (Fsp3) is 0.200. The molecule has 1 heterocycles. The van der Waals surface area contributed by atoms with Gasteiger partial charge in [0.2, 0.25) is 5.90 Å². The molecular weight excluding hydrogens is 196 g/mol. The Morgan fingerprint density at radius 1 is 1.40 bits per heavy atom. The number of ether oxygens (including phenoxy) is 2. The maximum Gasteiger partial charge on any atom is 0.278 e. The summed E-state index contributed by atoms with van der Waals surface area (Å²) in [6.45, 7) is 0.00482. The van der Waals surface area contributed by atoms with Crippen molar-refractivity contribution in [1.82, 2.24) is 5.43 Å². The van der Waals surface area contributed by atoms with Crippen LogP contribution in [-0.2, 0) is 9.53 Å². The third-order valence-electron chi connectivity index (χ3n) is 1.96. The lowest BCUT2D eigenvalue weighted by molar-refractivity contribution is -0.124. The van der Waals surface area contributed by atoms with E-state index >= 15 is 0 Å². The van der Waals surface area contributed by atoms with E-state index in [2.05, 4.69) is 10.5 Å². The number of hydrogen-bond acceptors (Lipinski definition) is 4. The monoisotopic (exact) mass is 206 g/mol. The highest BCUT2D eigenvalue weighted by Gasteiger charge is 2.13. The standard InChI is InChI=1S/C10H10N2O3/c1-14-8-4-2-7(3-5-8)10-12-11-9(13)6-15-10/h2-5H,6H2,1H3,(H,11,13). The van der Waals surface area contributed by atoms with Crippen LogP contribution in [0.3, 0.4) is 0 Å². The predicted octanol–water partition coefficient (Wildman–Crippen LogP) is 0.503. The molecular formula is C10H10N2O3. The highest BCUT2D eigenvalue weighted by molar-refractivity contribution is 5.97. The Hall–Kier alpha value is -2.04. The first-order valence-corrected chi connectivity index (χ1v) is 4.43. The summed E-state index contributed by atoms with van der Waals surface area (Å²) in [6.07, 6.45) is 0. The molecule has 1 aromatic rings. The van der Waals surface area contributed by atoms with Crippen LogP contribution >= 0.6 is 0 Å². The van der Waals surface area contributed by atoms with Crippen LogP contribution in [0.25, 0.3) is 0 Å². The van der Waals surface area contributed by atoms with Gasteiger partial charge in [-0.15, -0.1) is 5.10 Å². The molecule has 0 unspecified atom stereocenters. The molecule has 78 valence electrons. The summed E-state index contributed by atoms with van der Waals surface area (Å²) in [5.41, 5.74) is 3.15. The summed E-state index contributed by atoms with van der Waals surface area (Å²) < 4.78 is 10.2. The number of rotatable bonds is 2. The van der Waals surface area contributed by atoms with Crippen molar-refractivity contribution in [3.63, 3.8) is 0 Å². The Balaban J connectivity index is 2.19. The molecule has 1 aromatic carbocycles. The third-order valence-corrected chi connectivity index (χ3v) is 1.96. The summed E-state index contributed by atoms with van der Waals surface area (Å²) in [7, 11) is 1.60. The molecule has 0 radical (unpaired) electrons. The quantitative estimate of drug-likeness (QED) is 0.766. The second kappa shape index (κ2) is 4.00. The van der Waals surface area contributed by atoms with Crippen LogP contribution in [0.5, 0.6) is 5.75 Å². The number of carbonyl (C=O) groups is 1. The number of carbonyl (C=O) groups excluding carboxylic acids is 1. The van der Waals surface area contributed by atoms with E-state index in [0.717, 1.165) is 11.3 Å². The minimum absolute atomic E-state index is 0.00482. The number of hydrogen-bond donors (Lipinski definition) is 1. The van der Waals surface area contributed by atoms with Crippen molar-refractivity contribution in [3.05, 3.63) is 29.8 Å². The van der Waals surface area contributed by atoms with Gasteiger partial charge in [0.05, 0.1) is 7.11 Å². The average molecular weight is 206 g/mol. The zero-order chi connectivity index (χ0) is 10.7. The summed E-state index contributed by atoms with van der Waals surface area (Å²) >= 11 is 0. The molecule has 0 bridgehead atoms. The smallest absolute Gasteiger partial charge is 0.278 e. The number of methoxy groups -OCH3 is 1. The second-order valence-corrected chi connectivity index (χ2v) is 2.97. The first-order valence-electron chi connectivity index (χ1n) is 4.43. The molecule has 1 aliphatic heterocycles. The normalized spacial score (nSPS) is 15.0. The Morgan fingerprint density at radius 2 is 2.13 bits per heavy atom. The van der Waals surface area contributed by atoms with Gasteiger partial charge < -0.3 is 9.47 Å². The highest BCUT2D eigenvalue weighted by atomic mass is 16.5. The molecule has 0 fully saturated rings. The second-order valence-electron chi connectivity index (χ2n) is 2.97. The number of benzene rings is 1. The van der Waals surface area contributed by atoms with Crippen molar-refractivity contribution in [2.75, 3.05) is 13.7 Å². The zero-order valence-electron chi connectivity index (χ0n) is 8.19. The molecule has 0 atom stereocenters. The number of hydrazone groups is 1. The molecule has 0 saturated heterocycles. The first-order chi connectivity index (χ1) is 7.29. The predicted molar refractivity (Wildman–Crippen MR) is 53.6 cm³/mol. The fourth-order valence-electron chi connectivity index (χ4n) is 1.19. The van der Waals surface area contributed by atoms with Gasteiger partial charge in [0.25, 0.3) is 5.91 Å². The van der Waals surface area contributed by atoms with Gasteiger partial charge in [0.15, 0.2) is 6.61 Å². The molecule has 0 aliphatic carbocycles. The lowest BCUT2D eigenvalue weighted by Gasteiger charge is -2.13. The summed E-state index contributed by atoms with van der Waals surface area (Å²) in [4.78, 5) is 10.8. The molecule has 0 aromatic heterocycles. The third kappa shape index (κ3) is 2.07. The van der Waals surface area contributed by atoms with Gasteiger partial charge in [-0.1, -0.05) is 0 Å². The van der Waals surface area contributed by atoms with Crippen LogP contribution in [0.1, 0.15) is 5.56 Å². The van der Waals surface area contributed by atoms with Crippen LogP contribution in [0.4, 0.5) is 0 Å². The van der Waals surface area contributed by atoms with E-state index in [1.165, 1.54) is 0 Å². The highest BCUT2D eigenvalue weighted by Crippen LogP contribution is 2.13. The minimum atomic E-state index is -0.243. The number of amides is 1. The summed E-state index contributed by atoms with van der Waals surface area (Å²) in [6, 6.07) is 7.24. The van der Waals surface area contributed by atoms with E-state index in [-0.39, 0.29) is 12.5 Å². The molecule has 0 spiro atoms. The average Bonchev–Trinajstić information content (AvgIpc) is 2.30. The maximum atomic E-state index is 10.8. The van der Waals surface area contributed by atoms with Crippen LogP contribution in [-0.4, -0.2) is 25.5 Å². The van der Waals surface area contributed by atoms with Crippen molar-refractivity contribution >= 4 is 11.8 Å². The van der Waals surface area contributed by atoms with Crippen molar-refractivity contribution in [2.24, 2.45) is 5.10 Å². The molecule has 1 amide bonds. The molecule has 1 aliphatic rings. The Kier molecular flexibility index (Phi) is 2.53. The molecule has 5 heteroatoms. The molecule has 5 nitrogen and oxygen atoms in total. The SMILES string of the molecule is COc1ccc(C2=NNC(=O)CO2)cc1. The topological polar surface area (TPSA) is 59.9 Å². The van der Waals surface area contributed by atoms with Crippen molar-refractivity contribution in [3.8, 4) is 5.75 Å². The molecule has 1 N–H and O–H groups in total. The van der Waals surface area contributed by atoms with Gasteiger partial charge in [0.1, 0.15) is 5.75 Å². The zero-order valence-corrected chi connectivity index (χ0v) is 8.19. The van der Waals surface area contributed by atoms with Crippen molar-refractivity contribution in [1.29, 1.82) is 0 Å². The van der Waals surface area contributed by atoms with Crippen LogP contribution in [0.2, 0.25) is 0 Å². The van der Waals surface area contributed by atoms with Crippen LogP contribution in [0, 0.1) is 0 Å². The Bertz CT molecular complexity index is 398. The molecule has 2 rings (SSSR count). The number of nitrogens with one attached hydrogen (secondary N) is 1. The van der Waals surface area contributed by atoms with Crippen LogP contribution < -0.4 is 10.2 Å². The summed E-state index contributed by atoms with van der Waals surface area (Å²) in [5, 5.41) is 3.79. The van der Waals surface area contributed by atoms with E-state index in [0.29, 0.717) is 5.90 Å². The largest absolute Gasteiger partial charge is 0.497 e. The van der Waals surface area contributed by atoms with E-state index in [9.17, 15) is 4.79 Å². The fourth-order valence-corrected chi connectivity index (χ4v) is 1.19. The van der Waals surface area contributed by atoms with Gasteiger partial charge in [-0.05, 0) is 24.3 Å². The Morgan fingerprint density at radius 3 is 2.67 bits per heavy atom. The molecule has 15 heavy (non-hydrogen) atoms. The van der Waals surface area contributed by atoms with Gasteiger partial charge in [-0.2, -0.15) is 0 Å². The van der Waals surface area contributed by atoms with E-state index in [1.54, 1.807) is 19.2 Å². The lowest BCUT2D eigenvalue weighted by Crippen LogP contribution is -2.32. The molecule has 0 saturated carbocycles. The van der Waals surface area contributed by atoms with Gasteiger partial charge >= 0.3 is 0 Å². The van der Waals surface area contributed by atoms with Gasteiger partial charge in [-0.25, -0.2) is 5.43 Å². The van der Waals surface area contributed by atoms with E-state index < -0.39 is 0 Å². The Labute approximate surface area is 86.7 Å². The lowest BCUT2D eigenvalue weighted by atomic mass is 10.2. The van der Waals surface area contributed by atoms with Gasteiger partial charge in [-0.3, -0.25) is 4.79 Å².